The van der Waals surface area contributed by atoms with E-state index in [9.17, 15) is 0 Å². The summed E-state index contributed by atoms with van der Waals surface area (Å²) in [4.78, 5) is 0. The maximum Gasteiger partial charge on any atom is 0.186 e. The van der Waals surface area contributed by atoms with Crippen molar-refractivity contribution >= 4 is 0 Å². The van der Waals surface area contributed by atoms with E-state index in [1.165, 1.54) is 11.1 Å². The largest absolute Gasteiger partial charge is 0.344 e. The van der Waals surface area contributed by atoms with Crippen molar-refractivity contribution in [2.45, 2.75) is 99.1 Å². The summed E-state index contributed by atoms with van der Waals surface area (Å²) >= 11 is 0. The summed E-state index contributed by atoms with van der Waals surface area (Å²) in [7, 11) is 0. The first-order valence-electron chi connectivity index (χ1n) is 9.07. The molecule has 134 valence electrons. The number of unbranched alkanes of at least 4 members (excludes halogenated alkanes) is 1. The van der Waals surface area contributed by atoms with Gasteiger partial charge in [0.15, 0.2) is 5.79 Å². The van der Waals surface area contributed by atoms with E-state index in [-0.39, 0.29) is 12.2 Å². The van der Waals surface area contributed by atoms with Crippen LogP contribution in [-0.2, 0) is 9.47 Å². The van der Waals surface area contributed by atoms with Crippen LogP contribution >= 0.6 is 0 Å². The minimum absolute atomic E-state index is 0.176. The van der Waals surface area contributed by atoms with Gasteiger partial charge in [0.25, 0.3) is 0 Å². The molecule has 2 unspecified atom stereocenters. The summed E-state index contributed by atoms with van der Waals surface area (Å²) < 4.78 is 12.3. The number of hydrogen-bond acceptors (Lipinski definition) is 2. The van der Waals surface area contributed by atoms with Crippen LogP contribution in [0.25, 0.3) is 0 Å². The van der Waals surface area contributed by atoms with E-state index < -0.39 is 5.79 Å². The van der Waals surface area contributed by atoms with Crippen LogP contribution in [0.15, 0.2) is 35.5 Å². The Bertz CT molecular complexity index is 388. The van der Waals surface area contributed by atoms with E-state index >= 15 is 0 Å². The Morgan fingerprint density at radius 3 is 1.91 bits per heavy atom. The smallest absolute Gasteiger partial charge is 0.186 e. The molecule has 0 radical (unpaired) electrons. The second kappa shape index (κ2) is 11.6. The molecule has 0 fully saturated rings. The normalized spacial score (nSPS) is 17.8. The van der Waals surface area contributed by atoms with Gasteiger partial charge >= 0.3 is 0 Å². The standard InChI is InChI=1S/C21H38O2/c1-9-19(6)22-21(8,23-20(7)10-2)16-18(5)15-13-11-12-14-17(3)4/h13-16,19-20H,9-12H2,1-8H3. The van der Waals surface area contributed by atoms with Crippen LogP contribution in [-0.4, -0.2) is 18.0 Å². The van der Waals surface area contributed by atoms with Gasteiger partial charge in [0.1, 0.15) is 0 Å². The lowest BCUT2D eigenvalue weighted by molar-refractivity contribution is -0.234. The van der Waals surface area contributed by atoms with Gasteiger partial charge in [-0.2, -0.15) is 0 Å². The summed E-state index contributed by atoms with van der Waals surface area (Å²) in [6.45, 7) is 16.9. The fourth-order valence-electron chi connectivity index (χ4n) is 2.26. The first-order valence-corrected chi connectivity index (χ1v) is 9.07. The molecule has 2 nitrogen and oxygen atoms in total. The molecule has 0 aromatic carbocycles. The highest BCUT2D eigenvalue weighted by molar-refractivity contribution is 5.19. The van der Waals surface area contributed by atoms with Crippen LogP contribution in [0.3, 0.4) is 0 Å². The van der Waals surface area contributed by atoms with Crippen LogP contribution in [0.4, 0.5) is 0 Å². The molecule has 0 heterocycles. The molecule has 0 aromatic rings. The molecule has 2 heteroatoms. The third kappa shape index (κ3) is 11.3. The van der Waals surface area contributed by atoms with Crippen molar-refractivity contribution in [3.8, 4) is 0 Å². The average Bonchev–Trinajstić information content (AvgIpc) is 2.45. The Labute approximate surface area is 144 Å². The van der Waals surface area contributed by atoms with E-state index in [2.05, 4.69) is 72.8 Å². The van der Waals surface area contributed by atoms with Crippen LogP contribution < -0.4 is 0 Å². The zero-order valence-electron chi connectivity index (χ0n) is 16.6. The summed E-state index contributed by atoms with van der Waals surface area (Å²) in [6, 6.07) is 0. The van der Waals surface area contributed by atoms with Crippen molar-refractivity contribution in [3.63, 3.8) is 0 Å². The van der Waals surface area contributed by atoms with Gasteiger partial charge < -0.3 is 9.47 Å². The lowest BCUT2D eigenvalue weighted by Crippen LogP contribution is -2.36. The first-order chi connectivity index (χ1) is 10.7. The van der Waals surface area contributed by atoms with Crippen LogP contribution in [0, 0.1) is 0 Å². The second-order valence-corrected chi connectivity index (χ2v) is 6.84. The van der Waals surface area contributed by atoms with Crippen LogP contribution in [0.5, 0.6) is 0 Å². The third-order valence-corrected chi connectivity index (χ3v) is 3.78. The van der Waals surface area contributed by atoms with Crippen LogP contribution in [0.2, 0.25) is 0 Å². The van der Waals surface area contributed by atoms with Crippen molar-refractivity contribution in [2.24, 2.45) is 0 Å². The summed E-state index contributed by atoms with van der Waals surface area (Å²) in [5.41, 5.74) is 2.55. The summed E-state index contributed by atoms with van der Waals surface area (Å²) in [6.07, 6.45) is 13.2. The monoisotopic (exact) mass is 322 g/mol. The third-order valence-electron chi connectivity index (χ3n) is 3.78. The Kier molecular flexibility index (Phi) is 11.2. The molecule has 0 spiro atoms. The van der Waals surface area contributed by atoms with Crippen molar-refractivity contribution in [1.82, 2.24) is 0 Å². The minimum atomic E-state index is -0.667. The molecule has 23 heavy (non-hydrogen) atoms. The van der Waals surface area contributed by atoms with Gasteiger partial charge in [0.2, 0.25) is 0 Å². The van der Waals surface area contributed by atoms with Crippen LogP contribution in [0.1, 0.15) is 81.1 Å². The maximum absolute atomic E-state index is 6.15. The summed E-state index contributed by atoms with van der Waals surface area (Å²) in [5, 5.41) is 0. The zero-order chi connectivity index (χ0) is 17.9. The molecule has 0 aromatic heterocycles. The van der Waals surface area contributed by atoms with Gasteiger partial charge in [-0.25, -0.2) is 0 Å². The minimum Gasteiger partial charge on any atom is -0.344 e. The SMILES string of the molecule is CCC(C)OC(C)(C=C(C)C=CCCC=C(C)C)OC(C)CC. The van der Waals surface area contributed by atoms with Gasteiger partial charge in [-0.15, -0.1) is 0 Å². The Morgan fingerprint density at radius 1 is 0.957 bits per heavy atom. The van der Waals surface area contributed by atoms with Gasteiger partial charge in [-0.1, -0.05) is 43.2 Å². The summed E-state index contributed by atoms with van der Waals surface area (Å²) in [5.74, 6) is -0.667. The molecule has 0 aliphatic rings. The molecule has 0 amide bonds. The van der Waals surface area contributed by atoms with Crippen molar-refractivity contribution in [3.05, 3.63) is 35.5 Å². The Balaban J connectivity index is 4.87. The topological polar surface area (TPSA) is 18.5 Å². The van der Waals surface area contributed by atoms with E-state index in [0.717, 1.165) is 25.7 Å². The van der Waals surface area contributed by atoms with E-state index in [0.29, 0.717) is 0 Å². The first kappa shape index (κ1) is 22.1. The number of allylic oxidation sites excluding steroid dienone is 5. The highest BCUT2D eigenvalue weighted by atomic mass is 16.7. The molecule has 0 bridgehead atoms. The van der Waals surface area contributed by atoms with Gasteiger partial charge in [0.05, 0.1) is 12.2 Å². The predicted molar refractivity (Wildman–Crippen MR) is 102 cm³/mol. The number of rotatable bonds is 11. The highest BCUT2D eigenvalue weighted by Crippen LogP contribution is 2.23. The lowest BCUT2D eigenvalue weighted by Gasteiger charge is -2.33. The van der Waals surface area contributed by atoms with Gasteiger partial charge in [0, 0.05) is 0 Å². The molecule has 0 rings (SSSR count). The fourth-order valence-corrected chi connectivity index (χ4v) is 2.26. The van der Waals surface area contributed by atoms with Crippen molar-refractivity contribution in [1.29, 1.82) is 0 Å². The fraction of sp³-hybridized carbons (Fsp3) is 0.714. The van der Waals surface area contributed by atoms with Crippen molar-refractivity contribution in [2.75, 3.05) is 0 Å². The zero-order valence-corrected chi connectivity index (χ0v) is 16.6. The maximum atomic E-state index is 6.15. The molecular weight excluding hydrogens is 284 g/mol. The lowest BCUT2D eigenvalue weighted by atomic mass is 10.1. The van der Waals surface area contributed by atoms with E-state index in [4.69, 9.17) is 9.47 Å². The molecule has 0 saturated carbocycles. The number of ether oxygens (including phenoxy) is 2. The molecule has 0 aliphatic heterocycles. The van der Waals surface area contributed by atoms with Gasteiger partial charge in [-0.05, 0) is 73.3 Å². The van der Waals surface area contributed by atoms with E-state index in [1.54, 1.807) is 0 Å². The molecule has 0 saturated heterocycles. The second-order valence-electron chi connectivity index (χ2n) is 6.84. The molecule has 2 atom stereocenters. The number of hydrogen-bond donors (Lipinski definition) is 0. The highest BCUT2D eigenvalue weighted by Gasteiger charge is 2.27. The van der Waals surface area contributed by atoms with Crippen molar-refractivity contribution < 1.29 is 9.47 Å². The molecule has 0 N–H and O–H groups in total. The molecule has 0 aliphatic carbocycles. The predicted octanol–water partition coefficient (Wildman–Crippen LogP) is 6.58. The Morgan fingerprint density at radius 2 is 1.48 bits per heavy atom. The van der Waals surface area contributed by atoms with Gasteiger partial charge in [-0.3, -0.25) is 0 Å². The molecular formula is C21H38O2. The Hall–Kier alpha value is -0.860. The average molecular weight is 323 g/mol. The quantitative estimate of drug-likeness (QED) is 0.185. The van der Waals surface area contributed by atoms with E-state index in [1.807, 2.05) is 6.92 Å².